The van der Waals surface area contributed by atoms with E-state index in [1.54, 1.807) is 0 Å². The summed E-state index contributed by atoms with van der Waals surface area (Å²) >= 11 is 0. The predicted octanol–water partition coefficient (Wildman–Crippen LogP) is -0.435. The van der Waals surface area contributed by atoms with Crippen LogP contribution in [0.3, 0.4) is 0 Å². The van der Waals surface area contributed by atoms with Crippen LogP contribution in [-0.2, 0) is 0 Å². The highest BCUT2D eigenvalue weighted by atomic mass is 16.8. The van der Waals surface area contributed by atoms with Crippen molar-refractivity contribution in [1.82, 2.24) is 5.16 Å². The van der Waals surface area contributed by atoms with E-state index in [2.05, 4.69) is 9.79 Å². The lowest BCUT2D eigenvalue weighted by Crippen LogP contribution is -2.23. The van der Waals surface area contributed by atoms with Crippen LogP contribution in [0.2, 0.25) is 0 Å². The average Bonchev–Trinajstić information content (AvgIpc) is 2.59. The predicted molar refractivity (Wildman–Crippen MR) is 52.4 cm³/mol. The highest BCUT2D eigenvalue weighted by Crippen LogP contribution is 2.44. The number of nitrogen functional groups attached to an aromatic ring is 1. The van der Waals surface area contributed by atoms with E-state index in [1.165, 1.54) is 0 Å². The fourth-order valence-electron chi connectivity index (χ4n) is 1.45. The lowest BCUT2D eigenvalue weighted by Gasteiger charge is -2.00. The second kappa shape index (κ2) is 3.41. The van der Waals surface area contributed by atoms with Gasteiger partial charge in [0, 0.05) is 0 Å². The molecule has 0 aliphatic heterocycles. The molecule has 18 heavy (non-hydrogen) atoms. The molecule has 94 valence electrons. The van der Waals surface area contributed by atoms with Gasteiger partial charge < -0.3 is 16.0 Å². The Labute approximate surface area is 95.6 Å². The molecule has 12 heteroatoms. The number of aromatic nitrogens is 2. The molecule has 1 aromatic heterocycles. The van der Waals surface area contributed by atoms with Gasteiger partial charge in [0.05, 0.1) is 15.0 Å². The first-order valence-corrected chi connectivity index (χ1v) is 4.18. The molecule has 3 N–H and O–H groups in total. The van der Waals surface area contributed by atoms with Crippen molar-refractivity contribution in [2.45, 2.75) is 0 Å². The Morgan fingerprint density at radius 1 is 1.28 bits per heavy atom. The highest BCUT2D eigenvalue weighted by Gasteiger charge is 2.39. The number of hydrogen-bond donors (Lipinski definition) is 2. The van der Waals surface area contributed by atoms with Crippen LogP contribution >= 0.6 is 0 Å². The zero-order valence-corrected chi connectivity index (χ0v) is 8.26. The molecule has 2 rings (SSSR count). The van der Waals surface area contributed by atoms with Gasteiger partial charge in [0.25, 0.3) is 11.3 Å². The van der Waals surface area contributed by atoms with Crippen molar-refractivity contribution in [2.24, 2.45) is 0 Å². The van der Waals surface area contributed by atoms with Crippen molar-refractivity contribution < 1.29 is 24.5 Å². The lowest BCUT2D eigenvalue weighted by atomic mass is 10.2. The van der Waals surface area contributed by atoms with E-state index in [0.29, 0.717) is 0 Å². The van der Waals surface area contributed by atoms with E-state index < -0.39 is 43.7 Å². The maximum Gasteiger partial charge on any atom is 0.357 e. The number of benzene rings is 1. The van der Waals surface area contributed by atoms with Gasteiger partial charge in [0.2, 0.25) is 0 Å². The van der Waals surface area contributed by atoms with Gasteiger partial charge in [-0.05, 0) is 4.90 Å². The Kier molecular flexibility index (Phi) is 2.14. The second-order valence-electron chi connectivity index (χ2n) is 3.10. The van der Waals surface area contributed by atoms with Gasteiger partial charge in [0.15, 0.2) is 5.69 Å². The lowest BCUT2D eigenvalue weighted by molar-refractivity contribution is -0.782. The third kappa shape index (κ3) is 1.25. The van der Waals surface area contributed by atoms with Gasteiger partial charge in [-0.3, -0.25) is 24.9 Å². The summed E-state index contributed by atoms with van der Waals surface area (Å²) in [5, 5.41) is 45.1. The van der Waals surface area contributed by atoms with E-state index in [0.717, 1.165) is 0 Å². The monoisotopic (exact) mass is 257 g/mol. The molecular formula is C6H3N5O7. The molecule has 0 unspecified atom stereocenters. The maximum atomic E-state index is 11.1. The minimum atomic E-state index is -1.15. The number of anilines is 1. The third-order valence-electron chi connectivity index (χ3n) is 2.16. The maximum absolute atomic E-state index is 11.1. The number of fused-ring (bicyclic) bond motifs is 1. The van der Waals surface area contributed by atoms with Gasteiger partial charge >= 0.3 is 16.9 Å². The van der Waals surface area contributed by atoms with Gasteiger partial charge in [-0.2, -0.15) is 0 Å². The standard InChI is InChI=1S/C6H3N5O7/c7-1-3(9(13)14)2-5(11(17)18-8-2)6(12)4(1)10(15)16/h12H,7H2. The van der Waals surface area contributed by atoms with Crippen LogP contribution in [0.5, 0.6) is 5.75 Å². The minimum Gasteiger partial charge on any atom is -0.499 e. The van der Waals surface area contributed by atoms with Crippen LogP contribution < -0.4 is 10.6 Å². The molecule has 0 radical (unpaired) electrons. The van der Waals surface area contributed by atoms with Crippen molar-refractivity contribution >= 4 is 28.1 Å². The van der Waals surface area contributed by atoms with Gasteiger partial charge in [-0.15, -0.1) is 0 Å². The number of nitrogens with two attached hydrogens (primary N) is 1. The number of aromatic hydroxyl groups is 1. The summed E-state index contributed by atoms with van der Waals surface area (Å²) in [7, 11) is 0. The summed E-state index contributed by atoms with van der Waals surface area (Å²) in [5.74, 6) is -1.14. The average molecular weight is 257 g/mol. The molecule has 0 saturated heterocycles. The SMILES string of the molecule is Nc1c([N+](=O)[O-])c(O)c2c(no[n+]2[O-])c1[N+](=O)[O-]. The topological polar surface area (TPSA) is 185 Å². The summed E-state index contributed by atoms with van der Waals surface area (Å²) in [5.41, 5.74) is 0.681. The molecule has 0 bridgehead atoms. The first kappa shape index (κ1) is 11.3. The molecule has 0 spiro atoms. The zero-order chi connectivity index (χ0) is 13.6. The number of nitro groups is 2. The van der Waals surface area contributed by atoms with Crippen molar-refractivity contribution in [3.63, 3.8) is 0 Å². The van der Waals surface area contributed by atoms with E-state index in [1.807, 2.05) is 0 Å². The van der Waals surface area contributed by atoms with Crippen LogP contribution in [0.25, 0.3) is 11.0 Å². The van der Waals surface area contributed by atoms with Gasteiger partial charge in [-0.25, -0.2) is 0 Å². The largest absolute Gasteiger partial charge is 0.499 e. The molecule has 0 fully saturated rings. The van der Waals surface area contributed by atoms with E-state index in [4.69, 9.17) is 5.73 Å². The smallest absolute Gasteiger partial charge is 0.357 e. The molecule has 2 aromatic rings. The van der Waals surface area contributed by atoms with Crippen LogP contribution in [0.15, 0.2) is 4.63 Å². The Morgan fingerprint density at radius 3 is 2.33 bits per heavy atom. The Morgan fingerprint density at radius 2 is 1.83 bits per heavy atom. The van der Waals surface area contributed by atoms with Crippen LogP contribution in [0, 0.1) is 25.4 Å². The summed E-state index contributed by atoms with van der Waals surface area (Å²) in [6.45, 7) is 0. The first-order valence-electron chi connectivity index (χ1n) is 4.18. The highest BCUT2D eigenvalue weighted by molar-refractivity contribution is 5.98. The quantitative estimate of drug-likeness (QED) is 0.311. The number of rotatable bonds is 2. The number of phenols is 1. The van der Waals surface area contributed by atoms with Crippen LogP contribution in [0.1, 0.15) is 0 Å². The number of phenolic OH excluding ortho intramolecular Hbond substituents is 1. The second-order valence-corrected chi connectivity index (χ2v) is 3.10. The Hall–Kier alpha value is -3.18. The van der Waals surface area contributed by atoms with Crippen molar-refractivity contribution in [1.29, 1.82) is 0 Å². The van der Waals surface area contributed by atoms with Crippen molar-refractivity contribution in [2.75, 3.05) is 5.73 Å². The van der Waals surface area contributed by atoms with E-state index in [9.17, 15) is 30.5 Å². The van der Waals surface area contributed by atoms with E-state index in [-0.39, 0.29) is 4.90 Å². The molecule has 0 aliphatic rings. The zero-order valence-electron chi connectivity index (χ0n) is 8.26. The molecule has 1 aromatic carbocycles. The molecular weight excluding hydrogens is 254 g/mol. The molecule has 0 atom stereocenters. The van der Waals surface area contributed by atoms with Gasteiger partial charge in [0.1, 0.15) is 0 Å². The van der Waals surface area contributed by atoms with Crippen molar-refractivity contribution in [3.05, 3.63) is 25.4 Å². The number of nitro benzene ring substituents is 2. The molecule has 12 nitrogen and oxygen atoms in total. The first-order chi connectivity index (χ1) is 8.36. The van der Waals surface area contributed by atoms with Crippen LogP contribution in [0.4, 0.5) is 17.1 Å². The normalized spacial score (nSPS) is 10.7. The summed E-state index contributed by atoms with van der Waals surface area (Å²) in [6.07, 6.45) is 0. The summed E-state index contributed by atoms with van der Waals surface area (Å²) in [4.78, 5) is 18.8. The molecule has 0 aliphatic carbocycles. The fourth-order valence-corrected chi connectivity index (χ4v) is 1.45. The third-order valence-corrected chi connectivity index (χ3v) is 2.16. The Balaban J connectivity index is 3.08. The summed E-state index contributed by atoms with van der Waals surface area (Å²) in [6, 6.07) is 0. The number of hydrogen-bond acceptors (Lipinski definition) is 9. The number of nitrogens with zero attached hydrogens (tertiary/aromatic N) is 4. The van der Waals surface area contributed by atoms with Crippen LogP contribution in [-0.4, -0.2) is 20.1 Å². The molecule has 0 saturated carbocycles. The molecule has 1 heterocycles. The van der Waals surface area contributed by atoms with Crippen molar-refractivity contribution in [3.8, 4) is 5.75 Å². The molecule has 0 amide bonds. The summed E-state index contributed by atoms with van der Waals surface area (Å²) < 4.78 is 4.04. The van der Waals surface area contributed by atoms with E-state index >= 15 is 0 Å². The Bertz CT molecular complexity index is 691. The minimum absolute atomic E-state index is 0.385. The fraction of sp³-hybridized carbons (Fsp3) is 0. The van der Waals surface area contributed by atoms with Gasteiger partial charge in [-0.1, -0.05) is 0 Å².